The third-order valence-electron chi connectivity index (χ3n) is 6.51. The van der Waals surface area contributed by atoms with Crippen molar-refractivity contribution >= 4 is 17.5 Å². The number of hydrogen-bond donors (Lipinski definition) is 0. The van der Waals surface area contributed by atoms with E-state index in [1.807, 2.05) is 6.07 Å². The van der Waals surface area contributed by atoms with Gasteiger partial charge in [0, 0.05) is 43.9 Å². The van der Waals surface area contributed by atoms with Gasteiger partial charge in [-0.05, 0) is 54.5 Å². The SMILES string of the molecule is Cc1c(-c2ccc(Cl)cc2)c(C(=O)N(C)CC2CCOCC2)n(Cc2ccccc2)c1C(F)(F)F. The molecule has 0 radical (unpaired) electrons. The minimum atomic E-state index is -4.64. The van der Waals surface area contributed by atoms with Gasteiger partial charge in [-0.2, -0.15) is 13.2 Å². The van der Waals surface area contributed by atoms with Crippen LogP contribution in [-0.2, 0) is 17.5 Å². The van der Waals surface area contributed by atoms with Crippen LogP contribution in [0.4, 0.5) is 13.2 Å². The maximum atomic E-state index is 14.4. The van der Waals surface area contributed by atoms with Crippen LogP contribution in [-0.4, -0.2) is 42.2 Å². The van der Waals surface area contributed by atoms with Crippen LogP contribution >= 0.6 is 11.6 Å². The first kappa shape index (κ1) is 25.3. The summed E-state index contributed by atoms with van der Waals surface area (Å²) in [6, 6.07) is 15.4. The topological polar surface area (TPSA) is 34.5 Å². The first-order valence-electron chi connectivity index (χ1n) is 11.6. The molecule has 4 nitrogen and oxygen atoms in total. The van der Waals surface area contributed by atoms with Crippen molar-refractivity contribution in [2.24, 2.45) is 5.92 Å². The summed E-state index contributed by atoms with van der Waals surface area (Å²) < 4.78 is 49.9. The molecule has 2 aromatic carbocycles. The molecular formula is C27H28ClF3N2O2. The van der Waals surface area contributed by atoms with E-state index in [-0.39, 0.29) is 29.3 Å². The Morgan fingerprint density at radius 2 is 1.71 bits per heavy atom. The maximum Gasteiger partial charge on any atom is 0.431 e. The molecule has 1 fully saturated rings. The van der Waals surface area contributed by atoms with Crippen molar-refractivity contribution in [2.45, 2.75) is 32.5 Å². The number of halogens is 4. The fraction of sp³-hybridized carbons (Fsp3) is 0.370. The highest BCUT2D eigenvalue weighted by molar-refractivity contribution is 6.30. The molecule has 4 rings (SSSR count). The van der Waals surface area contributed by atoms with E-state index in [2.05, 4.69) is 0 Å². The lowest BCUT2D eigenvalue weighted by Crippen LogP contribution is -2.36. The molecule has 35 heavy (non-hydrogen) atoms. The van der Waals surface area contributed by atoms with Crippen LogP contribution in [0.2, 0.25) is 5.02 Å². The molecular weight excluding hydrogens is 477 g/mol. The molecule has 186 valence electrons. The average molecular weight is 505 g/mol. The Kier molecular flexibility index (Phi) is 7.57. The van der Waals surface area contributed by atoms with Gasteiger partial charge in [0.05, 0.1) is 0 Å². The van der Waals surface area contributed by atoms with Crippen LogP contribution in [0.15, 0.2) is 54.6 Å². The fourth-order valence-electron chi connectivity index (χ4n) is 4.81. The van der Waals surface area contributed by atoms with Crippen molar-refractivity contribution in [3.8, 4) is 11.1 Å². The zero-order chi connectivity index (χ0) is 25.2. The Labute approximate surface area is 208 Å². The molecule has 1 saturated heterocycles. The Balaban J connectivity index is 1.88. The number of nitrogens with zero attached hydrogens (tertiary/aromatic N) is 2. The number of aromatic nitrogens is 1. The molecule has 0 spiro atoms. The van der Waals surface area contributed by atoms with Gasteiger partial charge in [0.25, 0.3) is 5.91 Å². The van der Waals surface area contributed by atoms with Crippen molar-refractivity contribution in [3.05, 3.63) is 82.1 Å². The van der Waals surface area contributed by atoms with Gasteiger partial charge in [-0.1, -0.05) is 54.1 Å². The normalized spacial score (nSPS) is 14.8. The fourth-order valence-corrected chi connectivity index (χ4v) is 4.93. The number of rotatable bonds is 6. The van der Waals surface area contributed by atoms with Gasteiger partial charge in [-0.15, -0.1) is 0 Å². The number of carbonyl (C=O) groups excluding carboxylic acids is 1. The third kappa shape index (κ3) is 5.57. The zero-order valence-corrected chi connectivity index (χ0v) is 20.5. The van der Waals surface area contributed by atoms with Crippen molar-refractivity contribution in [1.82, 2.24) is 9.47 Å². The van der Waals surface area contributed by atoms with Crippen molar-refractivity contribution in [1.29, 1.82) is 0 Å². The number of alkyl halides is 3. The number of ether oxygens (including phenoxy) is 1. The van der Waals surface area contributed by atoms with E-state index in [4.69, 9.17) is 16.3 Å². The predicted octanol–water partition coefficient (Wildman–Crippen LogP) is 6.68. The molecule has 1 amide bonds. The second-order valence-corrected chi connectivity index (χ2v) is 9.45. The quantitative estimate of drug-likeness (QED) is 0.375. The van der Waals surface area contributed by atoms with E-state index in [1.54, 1.807) is 60.5 Å². The smallest absolute Gasteiger partial charge is 0.381 e. The minimum absolute atomic E-state index is 0.0265. The lowest BCUT2D eigenvalue weighted by atomic mass is 9.98. The summed E-state index contributed by atoms with van der Waals surface area (Å²) >= 11 is 6.05. The molecule has 2 heterocycles. The van der Waals surface area contributed by atoms with Crippen LogP contribution in [0, 0.1) is 12.8 Å². The number of amides is 1. The first-order valence-corrected chi connectivity index (χ1v) is 12.0. The molecule has 1 aromatic heterocycles. The van der Waals surface area contributed by atoms with Gasteiger partial charge in [-0.3, -0.25) is 4.79 Å². The van der Waals surface area contributed by atoms with E-state index in [9.17, 15) is 18.0 Å². The first-order chi connectivity index (χ1) is 16.7. The molecule has 0 N–H and O–H groups in total. The van der Waals surface area contributed by atoms with Crippen LogP contribution < -0.4 is 0 Å². The van der Waals surface area contributed by atoms with E-state index >= 15 is 0 Å². The minimum Gasteiger partial charge on any atom is -0.381 e. The number of carbonyl (C=O) groups is 1. The second kappa shape index (κ2) is 10.5. The Morgan fingerprint density at radius 3 is 2.31 bits per heavy atom. The summed E-state index contributed by atoms with van der Waals surface area (Å²) in [6.45, 7) is 3.08. The van der Waals surface area contributed by atoms with Crippen LogP contribution in [0.5, 0.6) is 0 Å². The molecule has 8 heteroatoms. The summed E-state index contributed by atoms with van der Waals surface area (Å²) in [5, 5.41) is 0.468. The number of benzene rings is 2. The predicted molar refractivity (Wildman–Crippen MR) is 131 cm³/mol. The summed E-state index contributed by atoms with van der Waals surface area (Å²) in [5.74, 6) is -0.187. The third-order valence-corrected chi connectivity index (χ3v) is 6.77. The van der Waals surface area contributed by atoms with Gasteiger partial charge in [0.2, 0.25) is 0 Å². The molecule has 0 aliphatic carbocycles. The molecule has 0 unspecified atom stereocenters. The summed E-state index contributed by atoms with van der Waals surface area (Å²) in [5.41, 5.74) is 0.737. The van der Waals surface area contributed by atoms with E-state index in [0.717, 1.165) is 17.4 Å². The standard InChI is InChI=1S/C27H28ClF3N2O2/c1-18-23(21-8-10-22(28)11-9-21)24(26(34)32(2)16-20-12-14-35-15-13-20)33(25(18)27(29,30)31)17-19-6-4-3-5-7-19/h3-11,20H,12-17H2,1-2H3. The van der Waals surface area contributed by atoms with Crippen molar-refractivity contribution in [3.63, 3.8) is 0 Å². The van der Waals surface area contributed by atoms with Gasteiger partial charge < -0.3 is 14.2 Å². The molecule has 0 bridgehead atoms. The monoisotopic (exact) mass is 504 g/mol. The van der Waals surface area contributed by atoms with Crippen LogP contribution in [0.1, 0.15) is 40.2 Å². The largest absolute Gasteiger partial charge is 0.431 e. The van der Waals surface area contributed by atoms with E-state index in [1.165, 1.54) is 6.92 Å². The molecule has 3 aromatic rings. The van der Waals surface area contributed by atoms with Crippen LogP contribution in [0.25, 0.3) is 11.1 Å². The number of hydrogen-bond acceptors (Lipinski definition) is 2. The van der Waals surface area contributed by atoms with Gasteiger partial charge in [0.1, 0.15) is 11.4 Å². The lowest BCUT2D eigenvalue weighted by molar-refractivity contribution is -0.143. The lowest BCUT2D eigenvalue weighted by Gasteiger charge is -2.28. The van der Waals surface area contributed by atoms with E-state index in [0.29, 0.717) is 35.9 Å². The summed E-state index contributed by atoms with van der Waals surface area (Å²) in [6.07, 6.45) is -3.00. The molecule has 1 aliphatic rings. The molecule has 1 aliphatic heterocycles. The summed E-state index contributed by atoms with van der Waals surface area (Å²) in [7, 11) is 1.66. The second-order valence-electron chi connectivity index (χ2n) is 9.02. The Hall–Kier alpha value is -2.77. The van der Waals surface area contributed by atoms with E-state index < -0.39 is 17.8 Å². The zero-order valence-electron chi connectivity index (χ0n) is 19.7. The van der Waals surface area contributed by atoms with Crippen LogP contribution in [0.3, 0.4) is 0 Å². The highest BCUT2D eigenvalue weighted by Crippen LogP contribution is 2.42. The maximum absolute atomic E-state index is 14.4. The van der Waals surface area contributed by atoms with Gasteiger partial charge >= 0.3 is 6.18 Å². The molecule has 0 atom stereocenters. The van der Waals surface area contributed by atoms with Gasteiger partial charge in [0.15, 0.2) is 0 Å². The Bertz CT molecular complexity index is 1170. The highest BCUT2D eigenvalue weighted by Gasteiger charge is 2.41. The van der Waals surface area contributed by atoms with Crippen molar-refractivity contribution in [2.75, 3.05) is 26.8 Å². The molecule has 0 saturated carbocycles. The van der Waals surface area contributed by atoms with Gasteiger partial charge in [-0.25, -0.2) is 0 Å². The average Bonchev–Trinajstić information content (AvgIpc) is 3.12. The van der Waals surface area contributed by atoms with Crippen molar-refractivity contribution < 1.29 is 22.7 Å². The summed E-state index contributed by atoms with van der Waals surface area (Å²) in [4.78, 5) is 15.4. The Morgan fingerprint density at radius 1 is 1.09 bits per heavy atom. The highest BCUT2D eigenvalue weighted by atomic mass is 35.5.